The fourth-order valence-corrected chi connectivity index (χ4v) is 0.335. The summed E-state index contributed by atoms with van der Waals surface area (Å²) in [6, 6.07) is 0. The zero-order chi connectivity index (χ0) is 7.33. The van der Waals surface area contributed by atoms with E-state index in [0.717, 1.165) is 6.42 Å². The van der Waals surface area contributed by atoms with Gasteiger partial charge in [-0.25, -0.2) is 0 Å². The fraction of sp³-hybridized carbons (Fsp3) is 1.00. The Balaban J connectivity index is 3.71. The lowest BCUT2D eigenvalue weighted by molar-refractivity contribution is 0.364. The van der Waals surface area contributed by atoms with E-state index in [0.29, 0.717) is 6.54 Å². The summed E-state index contributed by atoms with van der Waals surface area (Å²) in [7, 11) is 0. The van der Waals surface area contributed by atoms with Gasteiger partial charge in [-0.2, -0.15) is 0 Å². The minimum absolute atomic E-state index is 0.173. The van der Waals surface area contributed by atoms with Gasteiger partial charge in [0, 0.05) is 11.5 Å². The van der Waals surface area contributed by atoms with Crippen molar-refractivity contribution in [2.45, 2.75) is 27.2 Å². The molecule has 0 rings (SSSR count). The number of nitrogens with zero attached hydrogens (tertiary/aromatic N) is 3. The molecule has 0 saturated carbocycles. The molecule has 0 fully saturated rings. The maximum Gasteiger partial charge on any atom is 0.0309 e. The van der Waals surface area contributed by atoms with Crippen molar-refractivity contribution in [1.82, 2.24) is 0 Å². The maximum atomic E-state index is 7.98. The van der Waals surface area contributed by atoms with Crippen LogP contribution in [-0.4, -0.2) is 6.54 Å². The minimum atomic E-state index is 0.173. The molecule has 0 heterocycles. The Labute approximate surface area is 55.7 Å². The van der Waals surface area contributed by atoms with Crippen molar-refractivity contribution in [3.63, 3.8) is 0 Å². The molecule has 0 aliphatic carbocycles. The van der Waals surface area contributed by atoms with Crippen LogP contribution in [-0.2, 0) is 0 Å². The van der Waals surface area contributed by atoms with Crippen LogP contribution in [0.1, 0.15) is 27.2 Å². The van der Waals surface area contributed by atoms with E-state index in [1.165, 1.54) is 0 Å². The third-order valence-electron chi connectivity index (χ3n) is 1.52. The van der Waals surface area contributed by atoms with Crippen LogP contribution in [0.4, 0.5) is 0 Å². The Kier molecular flexibility index (Phi) is 3.10. The zero-order valence-corrected chi connectivity index (χ0v) is 6.26. The highest BCUT2D eigenvalue weighted by Crippen LogP contribution is 2.19. The van der Waals surface area contributed by atoms with Crippen molar-refractivity contribution >= 4 is 0 Å². The first kappa shape index (κ1) is 8.31. The van der Waals surface area contributed by atoms with Crippen molar-refractivity contribution in [2.24, 2.45) is 10.5 Å². The summed E-state index contributed by atoms with van der Waals surface area (Å²) < 4.78 is 0. The third-order valence-corrected chi connectivity index (χ3v) is 1.52. The van der Waals surface area contributed by atoms with Crippen molar-refractivity contribution < 1.29 is 0 Å². The summed E-state index contributed by atoms with van der Waals surface area (Å²) in [6.45, 7) is 6.86. The topological polar surface area (TPSA) is 48.8 Å². The van der Waals surface area contributed by atoms with E-state index in [2.05, 4.69) is 30.8 Å². The van der Waals surface area contributed by atoms with Crippen LogP contribution >= 0.6 is 0 Å². The fourth-order valence-electron chi connectivity index (χ4n) is 0.335. The van der Waals surface area contributed by atoms with Crippen LogP contribution in [0.2, 0.25) is 0 Å². The molecule has 0 aliphatic heterocycles. The molecule has 0 aromatic carbocycles. The van der Waals surface area contributed by atoms with Crippen LogP contribution in [0, 0.1) is 5.41 Å². The second kappa shape index (κ2) is 3.36. The van der Waals surface area contributed by atoms with Gasteiger partial charge in [0.1, 0.15) is 0 Å². The van der Waals surface area contributed by atoms with Gasteiger partial charge < -0.3 is 0 Å². The minimum Gasteiger partial charge on any atom is -0.0934 e. The summed E-state index contributed by atoms with van der Waals surface area (Å²) in [5.74, 6) is 0. The molecule has 0 atom stereocenters. The normalized spacial score (nSPS) is 10.6. The molecule has 9 heavy (non-hydrogen) atoms. The predicted octanol–water partition coefficient (Wildman–Crippen LogP) is 2.73. The average molecular weight is 127 g/mol. The number of rotatable bonds is 3. The van der Waals surface area contributed by atoms with Crippen molar-refractivity contribution in [3.8, 4) is 0 Å². The summed E-state index contributed by atoms with van der Waals surface area (Å²) in [6.07, 6.45) is 1.05. The van der Waals surface area contributed by atoms with Gasteiger partial charge in [0.15, 0.2) is 0 Å². The van der Waals surface area contributed by atoms with Gasteiger partial charge in [-0.05, 0) is 10.9 Å². The zero-order valence-electron chi connectivity index (χ0n) is 6.26. The Bertz CT molecular complexity index is 122. The molecular weight excluding hydrogens is 114 g/mol. The Morgan fingerprint density at radius 3 is 2.44 bits per heavy atom. The molecule has 0 aromatic heterocycles. The Morgan fingerprint density at radius 1 is 1.56 bits per heavy atom. The molecule has 3 heteroatoms. The summed E-state index contributed by atoms with van der Waals surface area (Å²) >= 11 is 0. The Hall–Kier alpha value is -0.690. The molecule has 0 bridgehead atoms. The van der Waals surface area contributed by atoms with E-state index in [-0.39, 0.29) is 5.41 Å². The number of hydrogen-bond donors (Lipinski definition) is 0. The maximum absolute atomic E-state index is 7.98. The second-order valence-corrected chi connectivity index (χ2v) is 2.91. The van der Waals surface area contributed by atoms with Gasteiger partial charge in [-0.15, -0.1) is 0 Å². The molecule has 52 valence electrons. The van der Waals surface area contributed by atoms with Gasteiger partial charge in [-0.1, -0.05) is 32.3 Å². The second-order valence-electron chi connectivity index (χ2n) is 2.91. The molecular formula is C6H13N3. The Morgan fingerprint density at radius 2 is 2.11 bits per heavy atom. The SMILES string of the molecule is CCC(C)(C)CN=[N+]=[N-]. The van der Waals surface area contributed by atoms with Crippen molar-refractivity contribution in [3.05, 3.63) is 10.4 Å². The lowest BCUT2D eigenvalue weighted by Crippen LogP contribution is -2.12. The monoisotopic (exact) mass is 127 g/mol. The van der Waals surface area contributed by atoms with Crippen LogP contribution in [0.3, 0.4) is 0 Å². The lowest BCUT2D eigenvalue weighted by atomic mass is 9.91. The molecule has 0 spiro atoms. The van der Waals surface area contributed by atoms with Crippen LogP contribution in [0.15, 0.2) is 5.11 Å². The number of hydrogen-bond acceptors (Lipinski definition) is 1. The predicted molar refractivity (Wildman–Crippen MR) is 38.1 cm³/mol. The van der Waals surface area contributed by atoms with E-state index < -0.39 is 0 Å². The molecule has 0 unspecified atom stereocenters. The van der Waals surface area contributed by atoms with Gasteiger partial charge in [0.25, 0.3) is 0 Å². The third kappa shape index (κ3) is 3.86. The largest absolute Gasteiger partial charge is 0.0934 e. The van der Waals surface area contributed by atoms with E-state index >= 15 is 0 Å². The highest BCUT2D eigenvalue weighted by Gasteiger charge is 2.12. The molecule has 0 aromatic rings. The van der Waals surface area contributed by atoms with E-state index in [1.54, 1.807) is 0 Å². The molecule has 0 aliphatic rings. The first-order valence-electron chi connectivity index (χ1n) is 3.13. The van der Waals surface area contributed by atoms with Crippen molar-refractivity contribution in [1.29, 1.82) is 0 Å². The molecule has 0 saturated heterocycles. The number of azide groups is 1. The summed E-state index contributed by atoms with van der Waals surface area (Å²) in [4.78, 5) is 2.69. The summed E-state index contributed by atoms with van der Waals surface area (Å²) in [5.41, 5.74) is 8.16. The first-order chi connectivity index (χ1) is 4.12. The van der Waals surface area contributed by atoms with Crippen LogP contribution in [0.25, 0.3) is 10.4 Å². The molecule has 0 amide bonds. The smallest absolute Gasteiger partial charge is 0.0309 e. The molecule has 0 radical (unpaired) electrons. The average Bonchev–Trinajstić information content (AvgIpc) is 1.84. The first-order valence-corrected chi connectivity index (χ1v) is 3.13. The standard InChI is InChI=1S/C6H13N3/c1-4-6(2,3)5-8-9-7/h4-5H2,1-3H3. The van der Waals surface area contributed by atoms with Crippen LogP contribution in [0.5, 0.6) is 0 Å². The van der Waals surface area contributed by atoms with E-state index in [4.69, 9.17) is 5.53 Å². The quantitative estimate of drug-likeness (QED) is 0.318. The summed E-state index contributed by atoms with van der Waals surface area (Å²) in [5, 5.41) is 3.49. The molecule has 3 nitrogen and oxygen atoms in total. The van der Waals surface area contributed by atoms with Crippen LogP contribution < -0.4 is 0 Å². The van der Waals surface area contributed by atoms with E-state index in [9.17, 15) is 0 Å². The highest BCUT2D eigenvalue weighted by molar-refractivity contribution is 4.68. The van der Waals surface area contributed by atoms with Gasteiger partial charge in [0.05, 0.1) is 0 Å². The van der Waals surface area contributed by atoms with E-state index in [1.807, 2.05) is 0 Å². The lowest BCUT2D eigenvalue weighted by Gasteiger charge is -2.18. The van der Waals surface area contributed by atoms with Crippen molar-refractivity contribution in [2.75, 3.05) is 6.54 Å². The highest BCUT2D eigenvalue weighted by atomic mass is 15.1. The van der Waals surface area contributed by atoms with Gasteiger partial charge in [-0.3, -0.25) is 0 Å². The van der Waals surface area contributed by atoms with Gasteiger partial charge in [0.2, 0.25) is 0 Å². The van der Waals surface area contributed by atoms with Gasteiger partial charge >= 0.3 is 0 Å². The molecule has 0 N–H and O–H groups in total.